The highest BCUT2D eigenvalue weighted by molar-refractivity contribution is 7.89. The maximum atomic E-state index is 12.7. The highest BCUT2D eigenvalue weighted by atomic mass is 35.5. The molecule has 0 fully saturated rings. The first-order valence-electron chi connectivity index (χ1n) is 8.56. The summed E-state index contributed by atoms with van der Waals surface area (Å²) in [6, 6.07) is 6.14. The van der Waals surface area contributed by atoms with Gasteiger partial charge in [-0.15, -0.1) is 12.4 Å². The molecule has 0 aliphatic carbocycles. The summed E-state index contributed by atoms with van der Waals surface area (Å²) in [6.07, 6.45) is 1.54. The van der Waals surface area contributed by atoms with Crippen LogP contribution in [0.3, 0.4) is 0 Å². The van der Waals surface area contributed by atoms with Crippen LogP contribution in [0.15, 0.2) is 29.2 Å². The molecule has 0 unspecified atom stereocenters. The SMILES string of the molecule is CCCN(CCC)S(=O)(=O)c1ccc(C(=O)NCCNCC)cc1.Cl. The average molecular weight is 392 g/mol. The maximum absolute atomic E-state index is 12.7. The van der Waals surface area contributed by atoms with Gasteiger partial charge in [0.05, 0.1) is 4.90 Å². The van der Waals surface area contributed by atoms with Crippen molar-refractivity contribution in [2.24, 2.45) is 0 Å². The summed E-state index contributed by atoms with van der Waals surface area (Å²) in [5, 5.41) is 5.91. The van der Waals surface area contributed by atoms with Crippen LogP contribution in [-0.2, 0) is 10.0 Å². The predicted octanol–water partition coefficient (Wildman–Crippen LogP) is 2.26. The molecule has 25 heavy (non-hydrogen) atoms. The van der Waals surface area contributed by atoms with E-state index in [1.807, 2.05) is 20.8 Å². The van der Waals surface area contributed by atoms with Crippen molar-refractivity contribution in [1.82, 2.24) is 14.9 Å². The molecule has 0 saturated carbocycles. The van der Waals surface area contributed by atoms with E-state index in [4.69, 9.17) is 0 Å². The summed E-state index contributed by atoms with van der Waals surface area (Å²) in [5.41, 5.74) is 0.461. The van der Waals surface area contributed by atoms with E-state index in [9.17, 15) is 13.2 Å². The number of nitrogens with one attached hydrogen (secondary N) is 2. The number of hydrogen-bond acceptors (Lipinski definition) is 4. The Kier molecular flexibility index (Phi) is 11.7. The van der Waals surface area contributed by atoms with E-state index in [-0.39, 0.29) is 23.2 Å². The van der Waals surface area contributed by atoms with Crippen molar-refractivity contribution in [3.63, 3.8) is 0 Å². The fourth-order valence-electron chi connectivity index (χ4n) is 2.32. The largest absolute Gasteiger partial charge is 0.351 e. The van der Waals surface area contributed by atoms with Gasteiger partial charge in [-0.3, -0.25) is 4.79 Å². The Hall–Kier alpha value is -1.15. The Morgan fingerprint density at radius 3 is 2.04 bits per heavy atom. The van der Waals surface area contributed by atoms with E-state index in [2.05, 4.69) is 10.6 Å². The number of sulfonamides is 1. The lowest BCUT2D eigenvalue weighted by Crippen LogP contribution is -2.33. The zero-order valence-electron chi connectivity index (χ0n) is 15.2. The molecule has 144 valence electrons. The summed E-state index contributed by atoms with van der Waals surface area (Å²) in [4.78, 5) is 12.2. The number of rotatable bonds is 11. The molecule has 2 N–H and O–H groups in total. The second kappa shape index (κ2) is 12.2. The lowest BCUT2D eigenvalue weighted by molar-refractivity contribution is 0.0954. The van der Waals surface area contributed by atoms with E-state index in [1.54, 1.807) is 12.1 Å². The molecule has 0 saturated heterocycles. The van der Waals surface area contributed by atoms with Crippen molar-refractivity contribution in [1.29, 1.82) is 0 Å². The predicted molar refractivity (Wildman–Crippen MR) is 104 cm³/mol. The molecule has 1 aromatic carbocycles. The van der Waals surface area contributed by atoms with Gasteiger partial charge in [0.15, 0.2) is 0 Å². The molecule has 0 bridgehead atoms. The zero-order valence-corrected chi connectivity index (χ0v) is 16.9. The number of carbonyl (C=O) groups is 1. The van der Waals surface area contributed by atoms with Gasteiger partial charge in [0, 0.05) is 31.7 Å². The molecule has 0 spiro atoms. The fourth-order valence-corrected chi connectivity index (χ4v) is 3.95. The first kappa shape index (κ1) is 23.9. The monoisotopic (exact) mass is 391 g/mol. The van der Waals surface area contributed by atoms with Gasteiger partial charge in [-0.25, -0.2) is 8.42 Å². The Bertz CT molecular complexity index is 600. The van der Waals surface area contributed by atoms with Crippen LogP contribution in [-0.4, -0.2) is 51.4 Å². The molecule has 1 rings (SSSR count). The van der Waals surface area contributed by atoms with E-state index >= 15 is 0 Å². The first-order chi connectivity index (χ1) is 11.5. The molecule has 0 aliphatic rings. The van der Waals surface area contributed by atoms with Crippen molar-refractivity contribution >= 4 is 28.3 Å². The minimum absolute atomic E-state index is 0. The van der Waals surface area contributed by atoms with Crippen LogP contribution in [0.5, 0.6) is 0 Å². The minimum atomic E-state index is -3.50. The molecule has 6 nitrogen and oxygen atoms in total. The lowest BCUT2D eigenvalue weighted by Gasteiger charge is -2.21. The number of nitrogens with zero attached hydrogens (tertiary/aromatic N) is 1. The van der Waals surface area contributed by atoms with Gasteiger partial charge in [0.25, 0.3) is 5.91 Å². The first-order valence-corrected chi connectivity index (χ1v) is 10.0. The number of likely N-dealkylation sites (N-methyl/N-ethyl adjacent to an activating group) is 1. The normalized spacial score (nSPS) is 11.2. The zero-order chi connectivity index (χ0) is 18.0. The van der Waals surface area contributed by atoms with Crippen LogP contribution in [0.25, 0.3) is 0 Å². The van der Waals surface area contributed by atoms with Crippen LogP contribution < -0.4 is 10.6 Å². The highest BCUT2D eigenvalue weighted by Gasteiger charge is 2.23. The van der Waals surface area contributed by atoms with E-state index in [0.29, 0.717) is 31.7 Å². The molecule has 1 aromatic rings. The Morgan fingerprint density at radius 2 is 1.56 bits per heavy atom. The van der Waals surface area contributed by atoms with Gasteiger partial charge >= 0.3 is 0 Å². The summed E-state index contributed by atoms with van der Waals surface area (Å²) in [6.45, 7) is 9.02. The van der Waals surface area contributed by atoms with Crippen LogP contribution in [0.2, 0.25) is 0 Å². The summed E-state index contributed by atoms with van der Waals surface area (Å²) >= 11 is 0. The van der Waals surface area contributed by atoms with Gasteiger partial charge in [-0.2, -0.15) is 4.31 Å². The third kappa shape index (κ3) is 7.32. The Labute approximate surface area is 157 Å². The summed E-state index contributed by atoms with van der Waals surface area (Å²) in [5.74, 6) is -0.198. The lowest BCUT2D eigenvalue weighted by atomic mass is 10.2. The van der Waals surface area contributed by atoms with Crippen molar-refractivity contribution < 1.29 is 13.2 Å². The van der Waals surface area contributed by atoms with Crippen molar-refractivity contribution in [2.45, 2.75) is 38.5 Å². The maximum Gasteiger partial charge on any atom is 0.251 e. The number of benzene rings is 1. The fraction of sp³-hybridized carbons (Fsp3) is 0.588. The van der Waals surface area contributed by atoms with Gasteiger partial charge in [-0.1, -0.05) is 20.8 Å². The summed E-state index contributed by atoms with van der Waals surface area (Å²) in [7, 11) is -3.50. The van der Waals surface area contributed by atoms with Crippen LogP contribution in [0, 0.1) is 0 Å². The van der Waals surface area contributed by atoms with Gasteiger partial charge in [0.2, 0.25) is 10.0 Å². The van der Waals surface area contributed by atoms with Gasteiger partial charge in [-0.05, 0) is 43.7 Å². The molecule has 1 amide bonds. The van der Waals surface area contributed by atoms with Gasteiger partial charge in [0.1, 0.15) is 0 Å². The minimum Gasteiger partial charge on any atom is -0.351 e. The van der Waals surface area contributed by atoms with E-state index < -0.39 is 10.0 Å². The van der Waals surface area contributed by atoms with Crippen molar-refractivity contribution in [2.75, 3.05) is 32.7 Å². The smallest absolute Gasteiger partial charge is 0.251 e. The third-order valence-corrected chi connectivity index (χ3v) is 5.45. The third-order valence-electron chi connectivity index (χ3n) is 3.54. The molecule has 0 radical (unpaired) electrons. The Balaban J connectivity index is 0.00000576. The van der Waals surface area contributed by atoms with E-state index in [0.717, 1.165) is 19.4 Å². The molecular weight excluding hydrogens is 362 g/mol. The second-order valence-electron chi connectivity index (χ2n) is 5.54. The van der Waals surface area contributed by atoms with Crippen LogP contribution in [0.1, 0.15) is 44.0 Å². The van der Waals surface area contributed by atoms with Crippen molar-refractivity contribution in [3.05, 3.63) is 29.8 Å². The number of amides is 1. The molecule has 0 atom stereocenters. The molecule has 0 aliphatic heterocycles. The standard InChI is InChI=1S/C17H29N3O3S.ClH/c1-4-13-20(14-5-2)24(22,23)16-9-7-15(8-10-16)17(21)19-12-11-18-6-3;/h7-10,18H,4-6,11-14H2,1-3H3,(H,19,21);1H. The Morgan fingerprint density at radius 1 is 1.00 bits per heavy atom. The topological polar surface area (TPSA) is 78.5 Å². The van der Waals surface area contributed by atoms with E-state index in [1.165, 1.54) is 16.4 Å². The average Bonchev–Trinajstić information content (AvgIpc) is 2.58. The molecule has 0 aromatic heterocycles. The molecule has 0 heterocycles. The molecular formula is C17H30ClN3O3S. The second-order valence-corrected chi connectivity index (χ2v) is 7.48. The number of hydrogen-bond donors (Lipinski definition) is 2. The highest BCUT2D eigenvalue weighted by Crippen LogP contribution is 2.17. The van der Waals surface area contributed by atoms with Crippen molar-refractivity contribution in [3.8, 4) is 0 Å². The van der Waals surface area contributed by atoms with Gasteiger partial charge < -0.3 is 10.6 Å². The van der Waals surface area contributed by atoms with Crippen LogP contribution in [0.4, 0.5) is 0 Å². The quantitative estimate of drug-likeness (QED) is 0.567. The summed E-state index contributed by atoms with van der Waals surface area (Å²) < 4.78 is 26.8. The number of carbonyl (C=O) groups excluding carboxylic acids is 1. The number of halogens is 1. The van der Waals surface area contributed by atoms with Crippen LogP contribution >= 0.6 is 12.4 Å². The molecule has 8 heteroatoms.